The zero-order valence-electron chi connectivity index (χ0n) is 16.2. The Balaban J connectivity index is 0.000000878. The molecular weight excluding hydrogens is 382 g/mol. The summed E-state index contributed by atoms with van der Waals surface area (Å²) in [7, 11) is 0. The molecule has 2 saturated heterocycles. The van der Waals surface area contributed by atoms with Gasteiger partial charge in [0.1, 0.15) is 17.2 Å². The van der Waals surface area contributed by atoms with Crippen LogP contribution in [0.1, 0.15) is 37.4 Å². The molecule has 28 heavy (non-hydrogen) atoms. The van der Waals surface area contributed by atoms with E-state index in [0.29, 0.717) is 38.0 Å². The van der Waals surface area contributed by atoms with Crippen LogP contribution >= 0.6 is 11.8 Å². The molecule has 1 aromatic heterocycles. The predicted molar refractivity (Wildman–Crippen MR) is 104 cm³/mol. The number of nitriles is 1. The number of hydrogen-bond donors (Lipinski definition) is 3. The van der Waals surface area contributed by atoms with Gasteiger partial charge >= 0.3 is 0 Å². The third-order valence-corrected chi connectivity index (χ3v) is 6.10. The topological polar surface area (TPSA) is 127 Å². The Hall–Kier alpha value is -1.70. The minimum atomic E-state index is -1.08. The lowest BCUT2D eigenvalue weighted by atomic mass is 9.75. The molecular formula is C19H27N3O5S. The van der Waals surface area contributed by atoms with E-state index in [0.717, 1.165) is 23.8 Å². The molecule has 2 atom stereocenters. The molecule has 9 heteroatoms. The van der Waals surface area contributed by atoms with Crippen LogP contribution in [-0.4, -0.2) is 74.9 Å². The molecule has 0 bridgehead atoms. The molecule has 0 unspecified atom stereocenters. The lowest BCUT2D eigenvalue weighted by Crippen LogP contribution is -2.64. The fourth-order valence-electron chi connectivity index (χ4n) is 3.79. The second kappa shape index (κ2) is 9.67. The molecule has 0 aliphatic carbocycles. The predicted octanol–water partition coefficient (Wildman–Crippen LogP) is 1.24. The first-order chi connectivity index (χ1) is 13.3. The van der Waals surface area contributed by atoms with Crippen molar-refractivity contribution in [2.75, 3.05) is 26.0 Å². The van der Waals surface area contributed by atoms with Crippen LogP contribution in [0.15, 0.2) is 17.2 Å². The summed E-state index contributed by atoms with van der Waals surface area (Å²) in [6.07, 6.45) is 2.91. The van der Waals surface area contributed by atoms with Crippen molar-refractivity contribution < 1.29 is 24.9 Å². The third-order valence-electron chi connectivity index (χ3n) is 5.40. The molecule has 0 amide bonds. The van der Waals surface area contributed by atoms with Gasteiger partial charge in [-0.25, -0.2) is 4.98 Å². The number of carbonyl (C=O) groups is 1. The first-order valence-corrected chi connectivity index (χ1v) is 10.3. The molecule has 1 aromatic rings. The summed E-state index contributed by atoms with van der Waals surface area (Å²) in [5.74, 6) is 0. The maximum absolute atomic E-state index is 10.6. The molecule has 2 aliphatic rings. The van der Waals surface area contributed by atoms with Gasteiger partial charge in [0.05, 0.1) is 29.1 Å². The van der Waals surface area contributed by atoms with E-state index >= 15 is 0 Å². The SMILES string of the molecule is CSc1nc(CN2CCC3(CC2)OCC[C@@](C)(O)[C@@H]3O)ccc1C#N.O=CO. The Morgan fingerprint density at radius 3 is 2.64 bits per heavy atom. The standard InChI is InChI=1S/C18H25N3O3S.CH2O2/c1-17(23)7-10-24-18(16(17)22)5-8-21(9-6-18)12-14-4-3-13(11-19)15(20-14)25-2;2-1-3/h3-4,16,22-23H,5-10,12H2,1-2H3;1H,(H,2,3)/t16-,17+;/m0./s1. The summed E-state index contributed by atoms with van der Waals surface area (Å²) in [6, 6.07) is 5.89. The maximum Gasteiger partial charge on any atom is 0.290 e. The van der Waals surface area contributed by atoms with Crippen molar-refractivity contribution in [2.24, 2.45) is 0 Å². The van der Waals surface area contributed by atoms with Gasteiger partial charge < -0.3 is 20.1 Å². The van der Waals surface area contributed by atoms with Crippen LogP contribution in [0.4, 0.5) is 0 Å². The van der Waals surface area contributed by atoms with E-state index in [1.807, 2.05) is 18.4 Å². The largest absolute Gasteiger partial charge is 0.483 e. The monoisotopic (exact) mass is 409 g/mol. The van der Waals surface area contributed by atoms with Crippen LogP contribution in [0.3, 0.4) is 0 Å². The number of nitrogens with zero attached hydrogens (tertiary/aromatic N) is 3. The summed E-state index contributed by atoms with van der Waals surface area (Å²) in [5.41, 5.74) is -0.172. The van der Waals surface area contributed by atoms with E-state index in [-0.39, 0.29) is 6.47 Å². The number of aliphatic hydroxyl groups is 2. The number of hydrogen-bond acceptors (Lipinski definition) is 8. The molecule has 3 N–H and O–H groups in total. The van der Waals surface area contributed by atoms with Crippen molar-refractivity contribution in [3.8, 4) is 6.07 Å². The fourth-order valence-corrected chi connectivity index (χ4v) is 4.33. The first-order valence-electron chi connectivity index (χ1n) is 9.10. The molecule has 0 aromatic carbocycles. The Labute approximate surface area is 169 Å². The van der Waals surface area contributed by atoms with E-state index in [1.54, 1.807) is 6.92 Å². The normalized spacial score (nSPS) is 26.8. The Bertz CT molecular complexity index is 714. The Kier molecular flexibility index (Phi) is 7.80. The van der Waals surface area contributed by atoms with Crippen LogP contribution in [0.5, 0.6) is 0 Å². The quantitative estimate of drug-likeness (QED) is 0.499. The molecule has 2 fully saturated rings. The summed E-state index contributed by atoms with van der Waals surface area (Å²) < 4.78 is 5.93. The van der Waals surface area contributed by atoms with Crippen molar-refractivity contribution >= 4 is 18.2 Å². The maximum atomic E-state index is 10.6. The molecule has 8 nitrogen and oxygen atoms in total. The first kappa shape index (κ1) is 22.6. The fraction of sp³-hybridized carbons (Fsp3) is 0.632. The zero-order chi connectivity index (χ0) is 20.8. The number of thioether (sulfide) groups is 1. The highest BCUT2D eigenvalue weighted by Gasteiger charge is 2.52. The van der Waals surface area contributed by atoms with Gasteiger partial charge in [0.15, 0.2) is 0 Å². The number of pyridine rings is 1. The molecule has 3 rings (SSSR count). The highest BCUT2D eigenvalue weighted by atomic mass is 32.2. The number of ether oxygens (including phenoxy) is 1. The van der Waals surface area contributed by atoms with Crippen molar-refractivity contribution in [1.82, 2.24) is 9.88 Å². The van der Waals surface area contributed by atoms with Gasteiger partial charge in [-0.2, -0.15) is 5.26 Å². The molecule has 1 spiro atoms. The van der Waals surface area contributed by atoms with Crippen molar-refractivity contribution in [1.29, 1.82) is 5.26 Å². The molecule has 0 saturated carbocycles. The van der Waals surface area contributed by atoms with Gasteiger partial charge in [0.2, 0.25) is 0 Å². The summed E-state index contributed by atoms with van der Waals surface area (Å²) >= 11 is 1.48. The summed E-state index contributed by atoms with van der Waals surface area (Å²) in [4.78, 5) is 15.2. The van der Waals surface area contributed by atoms with Crippen LogP contribution < -0.4 is 0 Å². The van der Waals surface area contributed by atoms with E-state index in [9.17, 15) is 10.2 Å². The number of rotatable bonds is 3. The number of aliphatic hydroxyl groups excluding tert-OH is 1. The van der Waals surface area contributed by atoms with Gasteiger partial charge in [0.25, 0.3) is 6.47 Å². The van der Waals surface area contributed by atoms with Crippen molar-refractivity contribution in [3.63, 3.8) is 0 Å². The number of piperidine rings is 1. The van der Waals surface area contributed by atoms with Crippen LogP contribution in [0.25, 0.3) is 0 Å². The van der Waals surface area contributed by atoms with E-state index in [1.165, 1.54) is 11.8 Å². The van der Waals surface area contributed by atoms with Gasteiger partial charge in [-0.05, 0) is 38.2 Å². The average molecular weight is 410 g/mol. The Morgan fingerprint density at radius 2 is 2.07 bits per heavy atom. The number of likely N-dealkylation sites (tertiary alicyclic amines) is 1. The molecule has 2 aliphatic heterocycles. The van der Waals surface area contributed by atoms with Crippen LogP contribution in [-0.2, 0) is 16.1 Å². The van der Waals surface area contributed by atoms with Gasteiger partial charge in [-0.1, -0.05) is 0 Å². The van der Waals surface area contributed by atoms with Crippen molar-refractivity contribution in [2.45, 2.75) is 55.1 Å². The summed E-state index contributed by atoms with van der Waals surface area (Å²) in [5, 5.41) is 37.7. The second-order valence-electron chi connectivity index (χ2n) is 7.28. The molecule has 0 radical (unpaired) electrons. The van der Waals surface area contributed by atoms with E-state index < -0.39 is 17.3 Å². The number of carboxylic acid groups (broad SMARTS) is 1. The highest BCUT2D eigenvalue weighted by Crippen LogP contribution is 2.40. The average Bonchev–Trinajstić information content (AvgIpc) is 2.68. The smallest absolute Gasteiger partial charge is 0.290 e. The van der Waals surface area contributed by atoms with Gasteiger partial charge in [-0.15, -0.1) is 11.8 Å². The van der Waals surface area contributed by atoms with E-state index in [2.05, 4.69) is 16.0 Å². The lowest BCUT2D eigenvalue weighted by Gasteiger charge is -2.51. The number of aromatic nitrogens is 1. The minimum absolute atomic E-state index is 0.250. The van der Waals surface area contributed by atoms with Gasteiger partial charge in [-0.3, -0.25) is 9.69 Å². The lowest BCUT2D eigenvalue weighted by molar-refractivity contribution is -0.246. The van der Waals surface area contributed by atoms with Crippen LogP contribution in [0, 0.1) is 11.3 Å². The highest BCUT2D eigenvalue weighted by molar-refractivity contribution is 7.98. The van der Waals surface area contributed by atoms with Crippen molar-refractivity contribution in [3.05, 3.63) is 23.4 Å². The Morgan fingerprint density at radius 1 is 1.43 bits per heavy atom. The van der Waals surface area contributed by atoms with E-state index in [4.69, 9.17) is 19.9 Å². The summed E-state index contributed by atoms with van der Waals surface area (Å²) in [6.45, 7) is 4.20. The third kappa shape index (κ3) is 5.01. The minimum Gasteiger partial charge on any atom is -0.483 e. The molecule has 154 valence electrons. The van der Waals surface area contributed by atoms with Gasteiger partial charge in [0, 0.05) is 26.1 Å². The van der Waals surface area contributed by atoms with Crippen LogP contribution in [0.2, 0.25) is 0 Å². The second-order valence-corrected chi connectivity index (χ2v) is 8.07. The molecule has 3 heterocycles. The zero-order valence-corrected chi connectivity index (χ0v) is 17.0.